The van der Waals surface area contributed by atoms with E-state index < -0.39 is 11.9 Å². The van der Waals surface area contributed by atoms with E-state index in [4.69, 9.17) is 0 Å². The summed E-state index contributed by atoms with van der Waals surface area (Å²) >= 11 is 0. The van der Waals surface area contributed by atoms with Gasteiger partial charge in [0.1, 0.15) is 11.4 Å². The lowest BCUT2D eigenvalue weighted by molar-refractivity contribution is -0.115. The van der Waals surface area contributed by atoms with E-state index in [2.05, 4.69) is 20.9 Å². The Labute approximate surface area is 109 Å². The van der Waals surface area contributed by atoms with Crippen molar-refractivity contribution < 1.29 is 14.4 Å². The second-order valence-electron chi connectivity index (χ2n) is 4.51. The Hall–Kier alpha value is -2.51. The first-order chi connectivity index (χ1) is 9.06. The second kappa shape index (κ2) is 4.01. The smallest absolute Gasteiger partial charge is 0.326 e. The van der Waals surface area contributed by atoms with Gasteiger partial charge < -0.3 is 15.6 Å². The molecule has 0 bridgehead atoms. The molecule has 4 amide bonds. The molecular formula is C11H11BN4O3. The molecule has 8 heteroatoms. The normalized spacial score (nSPS) is 22.4. The molecule has 3 heterocycles. The highest BCUT2D eigenvalue weighted by atomic mass is 16.2. The van der Waals surface area contributed by atoms with Gasteiger partial charge >= 0.3 is 6.03 Å². The van der Waals surface area contributed by atoms with Crippen molar-refractivity contribution in [3.8, 4) is 0 Å². The van der Waals surface area contributed by atoms with Gasteiger partial charge in [0, 0.05) is 12.1 Å². The van der Waals surface area contributed by atoms with Crippen LogP contribution in [0.5, 0.6) is 0 Å². The third kappa shape index (κ3) is 1.81. The summed E-state index contributed by atoms with van der Waals surface area (Å²) in [5.74, 6) is -0.664. The molecule has 0 unspecified atom stereocenters. The Balaban J connectivity index is 2.19. The summed E-state index contributed by atoms with van der Waals surface area (Å²) in [6.07, 6.45) is 0.485. The number of fused-ring (bicyclic) bond motifs is 1. The summed E-state index contributed by atoms with van der Waals surface area (Å²) in [6, 6.07) is 1.27. The molecule has 96 valence electrons. The van der Waals surface area contributed by atoms with Crippen molar-refractivity contribution in [2.75, 3.05) is 6.54 Å². The number of rotatable bonds is 0. The molecular weight excluding hydrogens is 247 g/mol. The third-order valence-corrected chi connectivity index (χ3v) is 3.16. The summed E-state index contributed by atoms with van der Waals surface area (Å²) in [6.45, 7) is 0.419. The number of urea groups is 1. The van der Waals surface area contributed by atoms with Gasteiger partial charge in [0.2, 0.25) is 0 Å². The lowest BCUT2D eigenvalue weighted by atomic mass is 9.98. The Bertz CT molecular complexity index is 646. The number of hydrogen-bond donors (Lipinski definition) is 4. The van der Waals surface area contributed by atoms with Crippen LogP contribution in [-0.2, 0) is 4.79 Å². The topological polar surface area (TPSA) is 103 Å². The van der Waals surface area contributed by atoms with E-state index in [0.29, 0.717) is 29.8 Å². The molecule has 1 saturated heterocycles. The Kier molecular flexibility index (Phi) is 2.44. The second-order valence-corrected chi connectivity index (χ2v) is 4.51. The number of amides is 4. The van der Waals surface area contributed by atoms with E-state index in [-0.39, 0.29) is 11.6 Å². The van der Waals surface area contributed by atoms with Crippen LogP contribution in [0.1, 0.15) is 22.5 Å². The van der Waals surface area contributed by atoms with Crippen molar-refractivity contribution in [2.45, 2.75) is 6.42 Å². The minimum Gasteiger partial charge on any atom is -0.363 e. The Morgan fingerprint density at radius 3 is 2.58 bits per heavy atom. The van der Waals surface area contributed by atoms with E-state index in [0.717, 1.165) is 5.59 Å². The maximum atomic E-state index is 11.9. The van der Waals surface area contributed by atoms with Gasteiger partial charge in [-0.1, -0.05) is 0 Å². The van der Waals surface area contributed by atoms with Crippen LogP contribution in [0.15, 0.2) is 11.8 Å². The third-order valence-electron chi connectivity index (χ3n) is 3.16. The van der Waals surface area contributed by atoms with Crippen LogP contribution in [0.3, 0.4) is 0 Å². The number of nitrogens with one attached hydrogen (secondary N) is 4. The molecule has 0 radical (unpaired) electrons. The Morgan fingerprint density at radius 2 is 1.89 bits per heavy atom. The average Bonchev–Trinajstić information content (AvgIpc) is 2.84. The summed E-state index contributed by atoms with van der Waals surface area (Å²) in [4.78, 5) is 37.8. The van der Waals surface area contributed by atoms with Crippen LogP contribution in [0.2, 0.25) is 0 Å². The maximum Gasteiger partial charge on any atom is 0.326 e. The van der Waals surface area contributed by atoms with Crippen LogP contribution in [0.25, 0.3) is 5.57 Å². The number of aromatic nitrogens is 1. The molecule has 4 N–H and O–H groups in total. The first-order valence-electron chi connectivity index (χ1n) is 5.90. The zero-order valence-corrected chi connectivity index (χ0v) is 10.2. The molecule has 0 atom stereocenters. The average molecular weight is 258 g/mol. The summed E-state index contributed by atoms with van der Waals surface area (Å²) in [5, 5.41) is 7.41. The number of carbonyl (C=O) groups excluding carboxylic acids is 3. The quantitative estimate of drug-likeness (QED) is 0.245. The molecule has 0 aromatic carbocycles. The fraction of sp³-hybridized carbons (Fsp3) is 0.182. The largest absolute Gasteiger partial charge is 0.363 e. The van der Waals surface area contributed by atoms with Crippen LogP contribution < -0.4 is 21.5 Å². The summed E-state index contributed by atoms with van der Waals surface area (Å²) in [5.41, 5.74) is 2.80. The molecule has 3 rings (SSSR count). The zero-order chi connectivity index (χ0) is 13.6. The van der Waals surface area contributed by atoms with E-state index in [1.807, 2.05) is 7.85 Å². The van der Waals surface area contributed by atoms with Crippen LogP contribution in [0, 0.1) is 0 Å². The standard InChI is InChI=1S/C11H11BN4O3/c12-6-3-5-4(7-10(18)16-11(19)15-7)1-2-13-9(17)8(5)14-6/h3,14H,1-2,12H2,(H,13,17)(H2,15,16,18,19)/b7-4+. The number of H-pyrrole nitrogens is 1. The zero-order valence-electron chi connectivity index (χ0n) is 10.2. The molecule has 1 fully saturated rings. The number of aromatic amines is 1. The maximum absolute atomic E-state index is 11.9. The molecule has 1 aromatic rings. The minimum absolute atomic E-state index is 0.205. The van der Waals surface area contributed by atoms with Gasteiger partial charge in [-0.3, -0.25) is 14.9 Å². The van der Waals surface area contributed by atoms with Crippen molar-refractivity contribution in [2.24, 2.45) is 0 Å². The van der Waals surface area contributed by atoms with Crippen molar-refractivity contribution in [3.63, 3.8) is 0 Å². The fourth-order valence-corrected chi connectivity index (χ4v) is 2.37. The van der Waals surface area contributed by atoms with E-state index >= 15 is 0 Å². The van der Waals surface area contributed by atoms with Gasteiger partial charge in [-0.25, -0.2) is 4.79 Å². The highest BCUT2D eigenvalue weighted by Crippen LogP contribution is 2.26. The first kappa shape index (κ1) is 11.6. The van der Waals surface area contributed by atoms with Crippen LogP contribution in [-0.4, -0.2) is 37.2 Å². The Morgan fingerprint density at radius 1 is 1.11 bits per heavy atom. The van der Waals surface area contributed by atoms with Gasteiger partial charge in [0.05, 0.1) is 0 Å². The van der Waals surface area contributed by atoms with Crippen LogP contribution >= 0.6 is 0 Å². The fourth-order valence-electron chi connectivity index (χ4n) is 2.37. The van der Waals surface area contributed by atoms with Gasteiger partial charge in [-0.05, 0) is 23.7 Å². The molecule has 1 aromatic heterocycles. The molecule has 0 spiro atoms. The minimum atomic E-state index is -0.537. The highest BCUT2D eigenvalue weighted by Gasteiger charge is 2.30. The van der Waals surface area contributed by atoms with Crippen molar-refractivity contribution in [1.29, 1.82) is 0 Å². The highest BCUT2D eigenvalue weighted by molar-refractivity contribution is 6.31. The molecule has 0 saturated carbocycles. The molecule has 0 aliphatic carbocycles. The first-order valence-corrected chi connectivity index (χ1v) is 5.90. The summed E-state index contributed by atoms with van der Waals surface area (Å²) in [7, 11) is 1.83. The lowest BCUT2D eigenvalue weighted by Gasteiger charge is -2.05. The number of imide groups is 1. The van der Waals surface area contributed by atoms with E-state index in [9.17, 15) is 14.4 Å². The molecule has 2 aliphatic rings. The number of hydrogen-bond acceptors (Lipinski definition) is 3. The SMILES string of the molecule is Bc1cc2c([nH]1)C(=O)NCC/C2=C1\NC(=O)NC1=O. The van der Waals surface area contributed by atoms with E-state index in [1.165, 1.54) is 0 Å². The monoisotopic (exact) mass is 258 g/mol. The van der Waals surface area contributed by atoms with Gasteiger partial charge in [0.25, 0.3) is 11.8 Å². The van der Waals surface area contributed by atoms with Crippen molar-refractivity contribution in [1.82, 2.24) is 20.9 Å². The van der Waals surface area contributed by atoms with E-state index in [1.54, 1.807) is 6.07 Å². The van der Waals surface area contributed by atoms with Crippen LogP contribution in [0.4, 0.5) is 4.79 Å². The van der Waals surface area contributed by atoms with Crippen molar-refractivity contribution >= 4 is 36.9 Å². The molecule has 2 aliphatic heterocycles. The number of carbonyl (C=O) groups is 3. The van der Waals surface area contributed by atoms with Gasteiger partial charge in [-0.15, -0.1) is 0 Å². The predicted molar refractivity (Wildman–Crippen MR) is 69.5 cm³/mol. The lowest BCUT2D eigenvalue weighted by Crippen LogP contribution is -2.23. The van der Waals surface area contributed by atoms with Gasteiger partial charge in [-0.2, -0.15) is 0 Å². The van der Waals surface area contributed by atoms with Gasteiger partial charge in [0.15, 0.2) is 7.85 Å². The molecule has 19 heavy (non-hydrogen) atoms. The van der Waals surface area contributed by atoms with Crippen molar-refractivity contribution in [3.05, 3.63) is 23.0 Å². The predicted octanol–water partition coefficient (Wildman–Crippen LogP) is -2.04. The summed E-state index contributed by atoms with van der Waals surface area (Å²) < 4.78 is 0. The molecule has 7 nitrogen and oxygen atoms in total.